The van der Waals surface area contributed by atoms with Crippen LogP contribution in [0.15, 0.2) is 35.2 Å². The summed E-state index contributed by atoms with van der Waals surface area (Å²) in [7, 11) is -3.56. The molecule has 0 radical (unpaired) electrons. The normalized spacial score (nSPS) is 28.8. The Balaban J connectivity index is 2.57. The van der Waals surface area contributed by atoms with Crippen LogP contribution in [-0.2, 0) is 9.84 Å². The molecule has 90 valence electrons. The minimum absolute atomic E-state index is 0.0993. The number of rotatable bonds is 2. The van der Waals surface area contributed by atoms with E-state index in [9.17, 15) is 13.7 Å². The molecule has 1 aromatic rings. The predicted molar refractivity (Wildman–Crippen MR) is 65.0 cm³/mol. The fourth-order valence-corrected chi connectivity index (χ4v) is 4.70. The third kappa shape index (κ3) is 1.66. The van der Waals surface area contributed by atoms with E-state index < -0.39 is 14.6 Å². The first-order valence-corrected chi connectivity index (χ1v) is 7.24. The van der Waals surface area contributed by atoms with E-state index in [0.29, 0.717) is 6.42 Å². The van der Waals surface area contributed by atoms with Gasteiger partial charge in [0.25, 0.3) is 0 Å². The van der Waals surface area contributed by atoms with Crippen molar-refractivity contribution in [2.45, 2.75) is 35.8 Å². The van der Waals surface area contributed by atoms with Crippen LogP contribution in [0.5, 0.6) is 0 Å². The summed E-state index contributed by atoms with van der Waals surface area (Å²) in [6.45, 7) is 1.86. The first-order chi connectivity index (χ1) is 8.04. The lowest BCUT2D eigenvalue weighted by Crippen LogP contribution is -2.39. The molecule has 0 saturated heterocycles. The molecule has 0 bridgehead atoms. The van der Waals surface area contributed by atoms with Gasteiger partial charge in [0.1, 0.15) is 0 Å². The molecular formula is C13H15NO2S. The molecule has 2 unspecified atom stereocenters. The zero-order chi connectivity index (χ0) is 12.5. The molecule has 1 aliphatic rings. The van der Waals surface area contributed by atoms with Gasteiger partial charge in [0.15, 0.2) is 14.6 Å². The van der Waals surface area contributed by atoms with Crippen molar-refractivity contribution in [1.29, 1.82) is 5.26 Å². The minimum Gasteiger partial charge on any atom is -0.222 e. The quantitative estimate of drug-likeness (QED) is 0.809. The van der Waals surface area contributed by atoms with Crippen molar-refractivity contribution in [2.75, 3.05) is 0 Å². The summed E-state index contributed by atoms with van der Waals surface area (Å²) in [6.07, 6.45) is 2.06. The molecule has 4 heteroatoms. The highest BCUT2D eigenvalue weighted by Gasteiger charge is 2.52. The van der Waals surface area contributed by atoms with Gasteiger partial charge in [-0.1, -0.05) is 31.5 Å². The largest absolute Gasteiger partial charge is 0.222 e. The van der Waals surface area contributed by atoms with Crippen LogP contribution in [-0.4, -0.2) is 13.2 Å². The zero-order valence-electron chi connectivity index (χ0n) is 9.76. The molecule has 2 atom stereocenters. The maximum absolute atomic E-state index is 12.6. The number of nitriles is 1. The van der Waals surface area contributed by atoms with Gasteiger partial charge in [-0.3, -0.25) is 0 Å². The molecule has 0 aromatic heterocycles. The minimum atomic E-state index is -3.56. The van der Waals surface area contributed by atoms with Gasteiger partial charge < -0.3 is 0 Å². The Kier molecular flexibility index (Phi) is 2.96. The molecule has 0 amide bonds. The van der Waals surface area contributed by atoms with Gasteiger partial charge in [0.2, 0.25) is 0 Å². The average molecular weight is 249 g/mol. The molecule has 17 heavy (non-hydrogen) atoms. The SMILES string of the molecule is CC1CCCC1(C#N)S(=O)(=O)c1ccccc1. The van der Waals surface area contributed by atoms with Gasteiger partial charge in [-0.15, -0.1) is 0 Å². The van der Waals surface area contributed by atoms with E-state index in [0.717, 1.165) is 12.8 Å². The second-order valence-corrected chi connectivity index (χ2v) is 6.82. The molecule has 0 spiro atoms. The Morgan fingerprint density at radius 2 is 2.00 bits per heavy atom. The summed E-state index contributed by atoms with van der Waals surface area (Å²) >= 11 is 0. The van der Waals surface area contributed by atoms with E-state index in [1.807, 2.05) is 6.92 Å². The molecule has 1 aliphatic carbocycles. The topological polar surface area (TPSA) is 57.9 Å². The van der Waals surface area contributed by atoms with E-state index in [4.69, 9.17) is 0 Å². The monoisotopic (exact) mass is 249 g/mol. The highest BCUT2D eigenvalue weighted by Crippen LogP contribution is 2.44. The van der Waals surface area contributed by atoms with Crippen LogP contribution in [0.25, 0.3) is 0 Å². The number of hydrogen-bond donors (Lipinski definition) is 0. The molecular weight excluding hydrogens is 234 g/mol. The van der Waals surface area contributed by atoms with Crippen molar-refractivity contribution in [3.63, 3.8) is 0 Å². The Hall–Kier alpha value is -1.34. The third-order valence-corrected chi connectivity index (χ3v) is 6.25. The summed E-state index contributed by atoms with van der Waals surface area (Å²) < 4.78 is 23.9. The smallest absolute Gasteiger partial charge is 0.197 e. The van der Waals surface area contributed by atoms with Crippen LogP contribution in [0.2, 0.25) is 0 Å². The van der Waals surface area contributed by atoms with Crippen molar-refractivity contribution in [3.8, 4) is 6.07 Å². The molecule has 2 rings (SSSR count). The first kappa shape index (κ1) is 12.1. The van der Waals surface area contributed by atoms with Crippen molar-refractivity contribution < 1.29 is 8.42 Å². The van der Waals surface area contributed by atoms with Gasteiger partial charge in [-0.2, -0.15) is 5.26 Å². The van der Waals surface area contributed by atoms with E-state index in [1.165, 1.54) is 0 Å². The molecule has 0 N–H and O–H groups in total. The van der Waals surface area contributed by atoms with Crippen LogP contribution < -0.4 is 0 Å². The molecule has 0 aliphatic heterocycles. The predicted octanol–water partition coefficient (Wildman–Crippen LogP) is 2.54. The van der Waals surface area contributed by atoms with Gasteiger partial charge in [0, 0.05) is 0 Å². The fourth-order valence-electron chi connectivity index (χ4n) is 2.59. The van der Waals surface area contributed by atoms with Crippen LogP contribution >= 0.6 is 0 Å². The molecule has 1 saturated carbocycles. The highest BCUT2D eigenvalue weighted by molar-refractivity contribution is 7.93. The Labute approximate surface area is 102 Å². The fraction of sp³-hybridized carbons (Fsp3) is 0.462. The number of benzene rings is 1. The Bertz CT molecular complexity index is 545. The maximum Gasteiger partial charge on any atom is 0.197 e. The van der Waals surface area contributed by atoms with Gasteiger partial charge >= 0.3 is 0 Å². The van der Waals surface area contributed by atoms with Crippen molar-refractivity contribution >= 4 is 9.84 Å². The number of hydrogen-bond acceptors (Lipinski definition) is 3. The molecule has 0 heterocycles. The van der Waals surface area contributed by atoms with E-state index >= 15 is 0 Å². The summed E-state index contributed by atoms with van der Waals surface area (Å²) in [4.78, 5) is 0.260. The van der Waals surface area contributed by atoms with E-state index in [1.54, 1.807) is 30.3 Å². The third-order valence-electron chi connectivity index (χ3n) is 3.70. The first-order valence-electron chi connectivity index (χ1n) is 5.75. The van der Waals surface area contributed by atoms with Crippen molar-refractivity contribution in [3.05, 3.63) is 30.3 Å². The van der Waals surface area contributed by atoms with Crippen LogP contribution in [0, 0.1) is 17.2 Å². The summed E-state index contributed by atoms with van der Waals surface area (Å²) in [6, 6.07) is 10.4. The van der Waals surface area contributed by atoms with Crippen molar-refractivity contribution in [1.82, 2.24) is 0 Å². The average Bonchev–Trinajstić information content (AvgIpc) is 2.73. The zero-order valence-corrected chi connectivity index (χ0v) is 10.6. The molecule has 1 fully saturated rings. The van der Waals surface area contributed by atoms with Gasteiger partial charge in [-0.25, -0.2) is 8.42 Å². The highest BCUT2D eigenvalue weighted by atomic mass is 32.2. The van der Waals surface area contributed by atoms with Crippen LogP contribution in [0.4, 0.5) is 0 Å². The Morgan fingerprint density at radius 1 is 1.35 bits per heavy atom. The number of sulfone groups is 1. The van der Waals surface area contributed by atoms with Gasteiger partial charge in [0.05, 0.1) is 11.0 Å². The standard InChI is InChI=1S/C13H15NO2S/c1-11-6-5-9-13(11,10-14)17(15,16)12-7-3-2-4-8-12/h2-4,7-8,11H,5-6,9H2,1H3. The number of nitrogens with zero attached hydrogens (tertiary/aromatic N) is 1. The lowest BCUT2D eigenvalue weighted by atomic mass is 9.99. The van der Waals surface area contributed by atoms with Crippen LogP contribution in [0.3, 0.4) is 0 Å². The molecule has 1 aromatic carbocycles. The van der Waals surface area contributed by atoms with E-state index in [-0.39, 0.29) is 10.8 Å². The second kappa shape index (κ2) is 4.15. The molecule has 3 nitrogen and oxygen atoms in total. The second-order valence-electron chi connectivity index (χ2n) is 4.61. The maximum atomic E-state index is 12.6. The van der Waals surface area contributed by atoms with Gasteiger partial charge in [-0.05, 0) is 30.9 Å². The summed E-state index contributed by atoms with van der Waals surface area (Å²) in [5, 5.41) is 9.35. The lowest BCUT2D eigenvalue weighted by Gasteiger charge is -2.25. The lowest BCUT2D eigenvalue weighted by molar-refractivity contribution is 0.494. The van der Waals surface area contributed by atoms with Crippen LogP contribution in [0.1, 0.15) is 26.2 Å². The summed E-state index contributed by atoms with van der Waals surface area (Å²) in [5.74, 6) is -0.0993. The van der Waals surface area contributed by atoms with Crippen molar-refractivity contribution in [2.24, 2.45) is 5.92 Å². The Morgan fingerprint density at radius 3 is 2.47 bits per heavy atom. The summed E-state index contributed by atoms with van der Waals surface area (Å²) in [5.41, 5.74) is 0. The van der Waals surface area contributed by atoms with E-state index in [2.05, 4.69) is 6.07 Å².